The van der Waals surface area contributed by atoms with Gasteiger partial charge < -0.3 is 101 Å². The molecule has 6 aliphatic rings. The summed E-state index contributed by atoms with van der Waals surface area (Å²) in [4.78, 5) is 67.2. The topological polar surface area (TPSA) is 418 Å². The van der Waals surface area contributed by atoms with Gasteiger partial charge in [-0.15, -0.1) is 32.8 Å². The van der Waals surface area contributed by atoms with Crippen molar-refractivity contribution in [2.75, 3.05) is 140 Å². The fourth-order valence-corrected chi connectivity index (χ4v) is 16.8. The predicted octanol–water partition coefficient (Wildman–Crippen LogP) is 19.7. The van der Waals surface area contributed by atoms with Gasteiger partial charge in [-0.1, -0.05) is 111 Å². The van der Waals surface area contributed by atoms with E-state index in [1.807, 2.05) is 166 Å². The highest BCUT2D eigenvalue weighted by atomic mass is 35.5. The summed E-state index contributed by atoms with van der Waals surface area (Å²) in [6, 6.07) is 62.9. The van der Waals surface area contributed by atoms with E-state index in [1.54, 1.807) is 54.8 Å². The summed E-state index contributed by atoms with van der Waals surface area (Å²) in [5, 5.41) is 80.7. The molecule has 0 spiro atoms. The number of esters is 1. The van der Waals surface area contributed by atoms with E-state index < -0.39 is 35.7 Å². The molecule has 11 aromatic rings. The minimum Gasteiger partial charge on any atom is -0.537 e. The molecule has 12 N–H and O–H groups in total. The van der Waals surface area contributed by atoms with Crippen molar-refractivity contribution >= 4 is 166 Å². The van der Waals surface area contributed by atoms with Gasteiger partial charge in [-0.3, -0.25) is 0 Å². The number of rotatable bonds is 24. The van der Waals surface area contributed by atoms with Crippen LogP contribution in [0, 0.1) is 5.92 Å². The number of piperidine rings is 6. The van der Waals surface area contributed by atoms with Crippen molar-refractivity contribution in [3.8, 4) is 17.2 Å². The van der Waals surface area contributed by atoms with Gasteiger partial charge in [0.2, 0.25) is 17.1 Å². The van der Waals surface area contributed by atoms with E-state index in [-0.39, 0.29) is 66.4 Å². The first-order chi connectivity index (χ1) is 69.5. The predicted molar refractivity (Wildman–Crippen MR) is 571 cm³/mol. The number of aromatic amines is 1. The third-order valence-electron chi connectivity index (χ3n) is 24.0. The molecule has 9 heterocycles. The molecule has 17 rings (SSSR count). The van der Waals surface area contributed by atoms with Crippen molar-refractivity contribution in [3.63, 3.8) is 0 Å². The van der Waals surface area contributed by atoms with Crippen molar-refractivity contribution in [1.82, 2.24) is 56.0 Å². The number of aromatic nitrogens is 9. The summed E-state index contributed by atoms with van der Waals surface area (Å²) in [5.41, 5.74) is 13.5. The van der Waals surface area contributed by atoms with Gasteiger partial charge in [-0.05, 0) is 305 Å². The van der Waals surface area contributed by atoms with E-state index in [0.717, 1.165) is 200 Å². The SMILES string of the molecule is CC(C)(C)OC(=O)NC1CCNCC1.CC1CCN(c2ccc(Cl)cc2)CC1.CCOC(=O)c1nnn(Cc2ccc(OC)cc2)c1NC1CCN(c2ccc(Cl)cc2)CC1.COc1ccc(Cn2nnc(C(=O)O)c2NC2CCN(c3ccc(Cl)cc3)CC2)cc1.Cl.NC1CCN(c2ccc(Cl)cc2)CC1.O=C(O)C(F)(F)F.O=C(O)c1n[nH]nc1NC1CCN(c2ccc(Cl)cc2)CC1.O[B]Oc1ccc(Cl)cc1. The lowest BCUT2D eigenvalue weighted by atomic mass is 9.99. The van der Waals surface area contributed by atoms with Crippen LogP contribution in [0.5, 0.6) is 17.2 Å². The minimum atomic E-state index is -5.08. The van der Waals surface area contributed by atoms with Gasteiger partial charge in [0.15, 0.2) is 17.5 Å². The van der Waals surface area contributed by atoms with Crippen LogP contribution in [-0.2, 0) is 27.4 Å². The van der Waals surface area contributed by atoms with Crippen LogP contribution < -0.4 is 70.9 Å². The summed E-state index contributed by atoms with van der Waals surface area (Å²) in [7, 11) is 3.88. The number of methoxy groups -OCH3 is 2. The zero-order valence-electron chi connectivity index (χ0n) is 82.2. The maximum absolute atomic E-state index is 12.5. The highest BCUT2D eigenvalue weighted by molar-refractivity contribution is 6.32. The number of nitrogens with zero attached hydrogens (tertiary/aromatic N) is 13. The van der Waals surface area contributed by atoms with E-state index in [4.69, 9.17) is 114 Å². The van der Waals surface area contributed by atoms with Crippen LogP contribution in [0.4, 0.5) is 63.9 Å². The Bertz CT molecular complexity index is 5680. The van der Waals surface area contributed by atoms with Crippen molar-refractivity contribution in [2.24, 2.45) is 11.7 Å². The molecule has 3 aromatic heterocycles. The number of halogens is 10. The molecule has 45 heteroatoms. The summed E-state index contributed by atoms with van der Waals surface area (Å²) in [6.45, 7) is 22.6. The average molecular weight is 2160 g/mol. The second kappa shape index (κ2) is 59.6. The van der Waals surface area contributed by atoms with Crippen LogP contribution in [-0.4, -0.2) is 245 Å². The number of nitrogens with one attached hydrogen (secondary N) is 6. The van der Waals surface area contributed by atoms with Crippen molar-refractivity contribution in [3.05, 3.63) is 252 Å². The van der Waals surface area contributed by atoms with Crippen LogP contribution in [0.25, 0.3) is 0 Å². The summed E-state index contributed by atoms with van der Waals surface area (Å²) in [6.07, 6.45) is 6.74. The van der Waals surface area contributed by atoms with Crippen molar-refractivity contribution in [1.29, 1.82) is 0 Å². The van der Waals surface area contributed by atoms with Gasteiger partial charge in [0.05, 0.1) is 33.9 Å². The first kappa shape index (κ1) is 117. The van der Waals surface area contributed by atoms with E-state index >= 15 is 0 Å². The Morgan fingerprint density at radius 2 is 0.774 bits per heavy atom. The Morgan fingerprint density at radius 3 is 1.10 bits per heavy atom. The number of hydrogen-bond acceptors (Lipinski definition) is 27. The average Bonchev–Trinajstić information content (AvgIpc) is 1.68. The molecule has 6 fully saturated rings. The summed E-state index contributed by atoms with van der Waals surface area (Å²) in [5.74, 6) is -1.08. The van der Waals surface area contributed by atoms with Gasteiger partial charge in [-0.2, -0.15) is 18.4 Å². The van der Waals surface area contributed by atoms with E-state index in [2.05, 4.69) is 123 Å². The number of carboxylic acids is 3. The van der Waals surface area contributed by atoms with Crippen molar-refractivity contribution < 1.29 is 81.1 Å². The maximum Gasteiger partial charge on any atom is 0.569 e. The number of alkyl carbamates (subject to hydrolysis) is 1. The first-order valence-corrected chi connectivity index (χ1v) is 49.9. The Balaban J connectivity index is 0.000000194. The molecule has 8 aromatic carbocycles. The summed E-state index contributed by atoms with van der Waals surface area (Å²) < 4.78 is 60.5. The number of amides is 1. The Morgan fingerprint density at radius 1 is 0.452 bits per heavy atom. The van der Waals surface area contributed by atoms with Gasteiger partial charge in [0, 0.05) is 154 Å². The number of carbonyl (C=O) groups excluding carboxylic acids is 2. The molecule has 0 unspecified atom stereocenters. The number of alkyl halides is 3. The third kappa shape index (κ3) is 39.6. The molecule has 1 amide bonds. The highest BCUT2D eigenvalue weighted by Crippen LogP contribution is 2.33. The zero-order valence-corrected chi connectivity index (χ0v) is 87.5. The molecule has 34 nitrogen and oxygen atoms in total. The molecule has 1 radical (unpaired) electrons. The second-order valence-electron chi connectivity index (χ2n) is 35.7. The standard InChI is InChI=1S/C24H28ClN5O3.C22H24ClN5O3.C14H16ClN5O2.C12H16ClN.C11H15ClN2.C10H20N2O2.C6H5BClO2.C2HF3O2.ClH/c1-3-33-24(31)22-23(30(28-27-22)16-17-4-10-21(32-2)11-5-17)26-19-12-14-29(15-13-19)20-8-6-18(25)7-9-20;1-31-19-8-2-15(3-9-19)14-28-21(20(22(29)30)25-26-28)24-17-10-12-27(13-11-17)18-6-4-16(23)5-7-18;15-9-1-3-11(4-2-9)20-7-5-10(6-8-20)16-13-12(14(21)22)17-19-18-13;1-10-6-8-14(9-7-10)12-4-2-11(13)3-5-12;12-9-1-3-11(4-2-9)14-7-5-10(13)6-8-14;1-10(2,3)14-9(13)12-8-4-6-11-7-5-8;8-5-1-3-6(4-2-5)10-7-9;3-2(4,5)1(6)7;/h4-11,19,26H,3,12-16H2,1-2H3;2-9,17,24H,10-14H2,1H3,(H,29,30);1-4,10H,5-8H2,(H,21,22)(H2,16,17,18,19);2-5,10H,6-9H2,1H3;1-4,10H,5-8,13H2;8,11H,4-7H2,1-3H3,(H,12,13);1-4,9H;(H,6,7);1H. The highest BCUT2D eigenvalue weighted by Gasteiger charge is 2.39. The molecule has 6 saturated heterocycles. The van der Waals surface area contributed by atoms with Crippen LogP contribution >= 0.6 is 82.0 Å². The van der Waals surface area contributed by atoms with E-state index in [0.29, 0.717) is 55.0 Å². The number of benzene rings is 8. The Labute approximate surface area is 884 Å². The number of carbonyl (C=O) groups is 5. The molecule has 0 aliphatic carbocycles. The van der Waals surface area contributed by atoms with Gasteiger partial charge in [0.1, 0.15) is 22.8 Å². The Kier molecular flexibility index (Phi) is 48.0. The quantitative estimate of drug-likeness (QED) is 0.0198. The second-order valence-corrected chi connectivity index (χ2v) is 38.3. The van der Waals surface area contributed by atoms with Gasteiger partial charge in [0.25, 0.3) is 0 Å². The van der Waals surface area contributed by atoms with Crippen LogP contribution in [0.3, 0.4) is 0 Å². The monoisotopic (exact) mass is 2160 g/mol. The zero-order chi connectivity index (χ0) is 105. The molecular weight excluding hydrogens is 2030 g/mol. The van der Waals surface area contributed by atoms with Crippen molar-refractivity contribution in [2.45, 2.75) is 167 Å². The van der Waals surface area contributed by atoms with E-state index in [9.17, 15) is 37.5 Å². The number of ether oxygens (including phenoxy) is 4. The molecule has 0 saturated carbocycles. The van der Waals surface area contributed by atoms with Crippen LogP contribution in [0.2, 0.25) is 30.1 Å². The third-order valence-corrected chi connectivity index (χ3v) is 25.5. The number of nitrogens with two attached hydrogens (primary N) is 1. The number of aromatic carboxylic acids is 2. The Hall–Kier alpha value is -12.1. The van der Waals surface area contributed by atoms with Crippen LogP contribution in [0.15, 0.2) is 194 Å². The van der Waals surface area contributed by atoms with E-state index in [1.165, 1.54) is 37.3 Å². The molecule has 787 valence electrons. The molecule has 6 aliphatic heterocycles. The lowest BCUT2D eigenvalue weighted by Gasteiger charge is -2.34. The molecule has 0 atom stereocenters. The number of aliphatic carboxylic acids is 1. The largest absolute Gasteiger partial charge is 0.569 e. The van der Waals surface area contributed by atoms with Gasteiger partial charge >= 0.3 is 43.8 Å². The fourth-order valence-electron chi connectivity index (χ4n) is 16.0. The lowest BCUT2D eigenvalue weighted by Crippen LogP contribution is -2.44. The number of anilines is 8. The number of carboxylic acid groups (broad SMARTS) is 3. The number of hydrogen-bond donors (Lipinski definition) is 11. The smallest absolute Gasteiger partial charge is 0.537 e. The molecule has 0 bridgehead atoms. The minimum absolute atomic E-state index is 0. The first-order valence-electron chi connectivity index (χ1n) is 47.6. The molecule has 146 heavy (non-hydrogen) atoms. The summed E-state index contributed by atoms with van der Waals surface area (Å²) >= 11 is 35.2. The normalized spacial score (nSPS) is 15.2. The van der Waals surface area contributed by atoms with Crippen LogP contribution in [0.1, 0.15) is 154 Å². The lowest BCUT2D eigenvalue weighted by molar-refractivity contribution is -0.192. The van der Waals surface area contributed by atoms with Gasteiger partial charge in [-0.25, -0.2) is 33.3 Å². The maximum atomic E-state index is 12.5. The fraction of sp³-hybridized carbons (Fsp3) is 0.416. The molecular formula is C101H126BCl7F3N20O14. The number of H-pyrrole nitrogens is 1.